The summed E-state index contributed by atoms with van der Waals surface area (Å²) in [5.41, 5.74) is 0.713. The number of hydrogen-bond acceptors (Lipinski definition) is 2. The molecule has 0 fully saturated rings. The number of carbonyl (C=O) groups is 1. The van der Waals surface area contributed by atoms with Gasteiger partial charge >= 0.3 is 0 Å². The van der Waals surface area contributed by atoms with E-state index >= 15 is 0 Å². The van der Waals surface area contributed by atoms with Crippen LogP contribution in [0, 0.1) is 0 Å². The maximum Gasteiger partial charge on any atom is 0.245 e. The Balaban J connectivity index is 3.32. The zero-order chi connectivity index (χ0) is 15.7. The highest BCUT2D eigenvalue weighted by molar-refractivity contribution is 7.27. The van der Waals surface area contributed by atoms with Crippen molar-refractivity contribution in [2.45, 2.75) is 11.6 Å². The standard InChI is InChI=1S/C17H20NO2P/c1-4-12-17(21-20,15-10-8-7-9-11-15)16(19)18(13-5-2)14-6-3/h4-11H,1-3,12-14H2. The maximum atomic E-state index is 12.9. The molecular formula is C17H20NO2P. The summed E-state index contributed by atoms with van der Waals surface area (Å²) >= 11 is 0. The first-order valence-electron chi connectivity index (χ1n) is 6.68. The largest absolute Gasteiger partial charge is 0.334 e. The van der Waals surface area contributed by atoms with Crippen molar-refractivity contribution in [2.75, 3.05) is 13.1 Å². The molecule has 0 spiro atoms. The van der Waals surface area contributed by atoms with Crippen LogP contribution < -0.4 is 0 Å². The number of nitrogens with zero attached hydrogens (tertiary/aromatic N) is 1. The number of amides is 1. The molecule has 1 aromatic carbocycles. The Kier molecular flexibility index (Phi) is 6.77. The van der Waals surface area contributed by atoms with E-state index in [0.717, 1.165) is 0 Å². The van der Waals surface area contributed by atoms with Crippen LogP contribution in [0.3, 0.4) is 0 Å². The summed E-state index contributed by atoms with van der Waals surface area (Å²) in [6, 6.07) is 9.14. The molecule has 0 N–H and O–H groups in total. The second-order valence-corrected chi connectivity index (χ2v) is 5.54. The molecule has 0 saturated heterocycles. The lowest BCUT2D eigenvalue weighted by Crippen LogP contribution is -2.43. The van der Waals surface area contributed by atoms with E-state index in [0.29, 0.717) is 25.1 Å². The van der Waals surface area contributed by atoms with Crippen LogP contribution in [0.25, 0.3) is 0 Å². The molecule has 0 heterocycles. The molecule has 1 amide bonds. The molecular weight excluding hydrogens is 281 g/mol. The first kappa shape index (κ1) is 17.1. The van der Waals surface area contributed by atoms with Gasteiger partial charge in [-0.2, -0.15) is 0 Å². The van der Waals surface area contributed by atoms with Gasteiger partial charge in [-0.25, -0.2) is 0 Å². The Morgan fingerprint density at radius 2 is 1.67 bits per heavy atom. The third-order valence-corrected chi connectivity index (χ3v) is 4.13. The van der Waals surface area contributed by atoms with Crippen LogP contribution >= 0.6 is 8.46 Å². The first-order valence-corrected chi connectivity index (χ1v) is 7.49. The molecule has 0 aromatic heterocycles. The molecule has 1 unspecified atom stereocenters. The summed E-state index contributed by atoms with van der Waals surface area (Å²) in [5, 5.41) is -1.14. The zero-order valence-corrected chi connectivity index (χ0v) is 13.0. The summed E-state index contributed by atoms with van der Waals surface area (Å²) in [7, 11) is -0.247. The van der Waals surface area contributed by atoms with Gasteiger partial charge < -0.3 is 4.90 Å². The van der Waals surface area contributed by atoms with Crippen molar-refractivity contribution in [3.8, 4) is 0 Å². The molecule has 3 nitrogen and oxygen atoms in total. The molecule has 0 bridgehead atoms. The SMILES string of the molecule is C=CCN(CC=C)C(=O)C(CC=C)(P=O)c1ccccc1. The van der Waals surface area contributed by atoms with Crippen LogP contribution in [0.5, 0.6) is 0 Å². The molecule has 1 rings (SSSR count). The minimum absolute atomic E-state index is 0.218. The predicted octanol–water partition coefficient (Wildman–Crippen LogP) is 3.95. The quantitative estimate of drug-likeness (QED) is 0.511. The molecule has 21 heavy (non-hydrogen) atoms. The van der Waals surface area contributed by atoms with Gasteiger partial charge in [0.25, 0.3) is 0 Å². The van der Waals surface area contributed by atoms with Gasteiger partial charge in [0, 0.05) is 13.1 Å². The van der Waals surface area contributed by atoms with Gasteiger partial charge in [-0.15, -0.1) is 19.7 Å². The fraction of sp³-hybridized carbons (Fsp3) is 0.235. The minimum atomic E-state index is -1.14. The van der Waals surface area contributed by atoms with Crippen LogP contribution in [-0.2, 0) is 14.5 Å². The summed E-state index contributed by atoms with van der Waals surface area (Å²) in [6.07, 6.45) is 5.21. The lowest BCUT2D eigenvalue weighted by molar-refractivity contribution is -0.133. The number of rotatable bonds is 9. The molecule has 4 heteroatoms. The van der Waals surface area contributed by atoms with E-state index in [2.05, 4.69) is 19.7 Å². The monoisotopic (exact) mass is 301 g/mol. The average molecular weight is 301 g/mol. The van der Waals surface area contributed by atoms with Crippen molar-refractivity contribution in [1.29, 1.82) is 0 Å². The highest BCUT2D eigenvalue weighted by Gasteiger charge is 2.42. The van der Waals surface area contributed by atoms with Crippen LogP contribution in [0.15, 0.2) is 68.3 Å². The van der Waals surface area contributed by atoms with Gasteiger partial charge in [-0.3, -0.25) is 9.36 Å². The number of carbonyl (C=O) groups excluding carboxylic acids is 1. The van der Waals surface area contributed by atoms with E-state index in [1.54, 1.807) is 23.1 Å². The molecule has 110 valence electrons. The Morgan fingerprint density at radius 1 is 1.10 bits per heavy atom. The Bertz CT molecular complexity index is 517. The molecule has 0 aliphatic carbocycles. The van der Waals surface area contributed by atoms with E-state index in [1.165, 1.54) is 0 Å². The summed E-state index contributed by atoms with van der Waals surface area (Å²) < 4.78 is 11.9. The second-order valence-electron chi connectivity index (χ2n) is 4.60. The van der Waals surface area contributed by atoms with Crippen LogP contribution in [-0.4, -0.2) is 23.9 Å². The van der Waals surface area contributed by atoms with Gasteiger partial charge in [-0.1, -0.05) is 48.6 Å². The van der Waals surface area contributed by atoms with Crippen molar-refractivity contribution in [3.63, 3.8) is 0 Å². The normalized spacial score (nSPS) is 13.1. The summed E-state index contributed by atoms with van der Waals surface area (Å²) in [6.45, 7) is 11.8. The Morgan fingerprint density at radius 3 is 2.10 bits per heavy atom. The maximum absolute atomic E-state index is 12.9. The van der Waals surface area contributed by atoms with E-state index in [-0.39, 0.29) is 14.4 Å². The van der Waals surface area contributed by atoms with Gasteiger partial charge in [0.15, 0.2) is 13.6 Å². The number of hydrogen-bond donors (Lipinski definition) is 0. The molecule has 0 saturated carbocycles. The van der Waals surface area contributed by atoms with Crippen molar-refractivity contribution in [1.82, 2.24) is 4.90 Å². The zero-order valence-electron chi connectivity index (χ0n) is 12.1. The van der Waals surface area contributed by atoms with E-state index < -0.39 is 5.16 Å². The Labute approximate surface area is 127 Å². The van der Waals surface area contributed by atoms with Crippen molar-refractivity contribution in [2.24, 2.45) is 0 Å². The van der Waals surface area contributed by atoms with Gasteiger partial charge in [0.1, 0.15) is 0 Å². The molecule has 0 radical (unpaired) electrons. The lowest BCUT2D eigenvalue weighted by Gasteiger charge is -2.31. The van der Waals surface area contributed by atoms with E-state index in [9.17, 15) is 9.36 Å². The van der Waals surface area contributed by atoms with Crippen molar-refractivity contribution in [3.05, 3.63) is 73.9 Å². The molecule has 1 aromatic rings. The van der Waals surface area contributed by atoms with Crippen molar-refractivity contribution < 1.29 is 9.36 Å². The fourth-order valence-electron chi connectivity index (χ4n) is 2.19. The number of allylic oxidation sites excluding steroid dienone is 1. The lowest BCUT2D eigenvalue weighted by atomic mass is 9.92. The molecule has 0 aliphatic rings. The van der Waals surface area contributed by atoms with Crippen LogP contribution in [0.2, 0.25) is 0 Å². The van der Waals surface area contributed by atoms with Crippen LogP contribution in [0.1, 0.15) is 12.0 Å². The smallest absolute Gasteiger partial charge is 0.245 e. The highest BCUT2D eigenvalue weighted by Crippen LogP contribution is 2.40. The Hall–Kier alpha value is -1.99. The van der Waals surface area contributed by atoms with Gasteiger partial charge in [-0.05, 0) is 12.0 Å². The minimum Gasteiger partial charge on any atom is -0.334 e. The highest BCUT2D eigenvalue weighted by atomic mass is 31.1. The summed E-state index contributed by atoms with van der Waals surface area (Å²) in [5.74, 6) is -0.218. The molecule has 1 atom stereocenters. The van der Waals surface area contributed by atoms with E-state index in [1.807, 2.05) is 30.3 Å². The van der Waals surface area contributed by atoms with Crippen LogP contribution in [0.4, 0.5) is 0 Å². The average Bonchev–Trinajstić information content (AvgIpc) is 2.52. The van der Waals surface area contributed by atoms with E-state index in [4.69, 9.17) is 0 Å². The third-order valence-electron chi connectivity index (χ3n) is 3.19. The topological polar surface area (TPSA) is 37.4 Å². The first-order chi connectivity index (χ1) is 10.2. The number of benzene rings is 1. The van der Waals surface area contributed by atoms with Gasteiger partial charge in [0.05, 0.1) is 0 Å². The second kappa shape index (κ2) is 8.33. The van der Waals surface area contributed by atoms with Gasteiger partial charge in [0.2, 0.25) is 5.91 Å². The third kappa shape index (κ3) is 3.77. The summed E-state index contributed by atoms with van der Waals surface area (Å²) in [4.78, 5) is 14.5. The van der Waals surface area contributed by atoms with Crippen molar-refractivity contribution >= 4 is 14.4 Å². The predicted molar refractivity (Wildman–Crippen MR) is 87.5 cm³/mol. The fourth-order valence-corrected chi connectivity index (χ4v) is 2.87. The molecule has 0 aliphatic heterocycles.